The molecule has 80 valence electrons. The third-order valence-corrected chi connectivity index (χ3v) is 2.47. The number of benzene rings is 2. The Morgan fingerprint density at radius 3 is 2.12 bits per heavy atom. The van der Waals surface area contributed by atoms with Crippen LogP contribution in [0.1, 0.15) is 5.56 Å². The average Bonchev–Trinajstić information content (AvgIpc) is 2.33. The van der Waals surface area contributed by atoms with Gasteiger partial charge in [0.1, 0.15) is 11.5 Å². The van der Waals surface area contributed by atoms with E-state index in [4.69, 9.17) is 0 Å². The standard InChI is InChI=1S/C14H12O2/c1-2-11-12(15)8-9-13(16)14(11)10-6-4-3-5-7-10/h2-9,15-16H,1H2. The van der Waals surface area contributed by atoms with Crippen molar-refractivity contribution < 1.29 is 10.2 Å². The van der Waals surface area contributed by atoms with E-state index in [-0.39, 0.29) is 11.5 Å². The van der Waals surface area contributed by atoms with Crippen LogP contribution in [0.3, 0.4) is 0 Å². The van der Waals surface area contributed by atoms with Gasteiger partial charge in [-0.05, 0) is 17.7 Å². The van der Waals surface area contributed by atoms with E-state index < -0.39 is 0 Å². The molecule has 0 saturated heterocycles. The topological polar surface area (TPSA) is 40.5 Å². The van der Waals surface area contributed by atoms with E-state index in [0.717, 1.165) is 5.56 Å². The highest BCUT2D eigenvalue weighted by Gasteiger charge is 2.11. The van der Waals surface area contributed by atoms with Gasteiger partial charge in [0.15, 0.2) is 0 Å². The first-order valence-corrected chi connectivity index (χ1v) is 4.97. The molecule has 2 N–H and O–H groups in total. The molecule has 2 nitrogen and oxygen atoms in total. The molecule has 0 saturated carbocycles. The van der Waals surface area contributed by atoms with Gasteiger partial charge in [-0.3, -0.25) is 0 Å². The Morgan fingerprint density at radius 2 is 1.50 bits per heavy atom. The van der Waals surface area contributed by atoms with Crippen molar-refractivity contribution in [2.75, 3.05) is 0 Å². The predicted molar refractivity (Wildman–Crippen MR) is 65.3 cm³/mol. The lowest BCUT2D eigenvalue weighted by atomic mass is 9.98. The molecule has 2 aromatic rings. The maximum atomic E-state index is 9.84. The Morgan fingerprint density at radius 1 is 0.875 bits per heavy atom. The molecule has 0 atom stereocenters. The highest BCUT2D eigenvalue weighted by atomic mass is 16.3. The monoisotopic (exact) mass is 212 g/mol. The van der Waals surface area contributed by atoms with Gasteiger partial charge >= 0.3 is 0 Å². The summed E-state index contributed by atoms with van der Waals surface area (Å²) >= 11 is 0. The fourth-order valence-corrected chi connectivity index (χ4v) is 1.71. The molecular formula is C14H12O2. The smallest absolute Gasteiger partial charge is 0.124 e. The molecule has 0 bridgehead atoms. The van der Waals surface area contributed by atoms with Crippen LogP contribution < -0.4 is 0 Å². The lowest BCUT2D eigenvalue weighted by Gasteiger charge is -2.10. The molecule has 2 heteroatoms. The minimum atomic E-state index is 0.117. The second-order valence-corrected chi connectivity index (χ2v) is 3.46. The summed E-state index contributed by atoms with van der Waals surface area (Å²) in [4.78, 5) is 0. The summed E-state index contributed by atoms with van der Waals surface area (Å²) in [5, 5.41) is 19.5. The Balaban J connectivity index is 2.73. The van der Waals surface area contributed by atoms with Gasteiger partial charge in [0.05, 0.1) is 0 Å². The second-order valence-electron chi connectivity index (χ2n) is 3.46. The van der Waals surface area contributed by atoms with Gasteiger partial charge in [0.25, 0.3) is 0 Å². The van der Waals surface area contributed by atoms with Gasteiger partial charge in [0, 0.05) is 11.1 Å². The van der Waals surface area contributed by atoms with Crippen molar-refractivity contribution in [3.8, 4) is 22.6 Å². The first-order chi connectivity index (χ1) is 7.74. The molecule has 0 spiro atoms. The van der Waals surface area contributed by atoms with Gasteiger partial charge in [-0.15, -0.1) is 0 Å². The fourth-order valence-electron chi connectivity index (χ4n) is 1.71. The van der Waals surface area contributed by atoms with Crippen LogP contribution in [-0.2, 0) is 0 Å². The zero-order valence-corrected chi connectivity index (χ0v) is 8.72. The molecule has 0 unspecified atom stereocenters. The number of hydrogen-bond acceptors (Lipinski definition) is 2. The number of rotatable bonds is 2. The molecule has 0 aliphatic rings. The first-order valence-electron chi connectivity index (χ1n) is 4.97. The van der Waals surface area contributed by atoms with Gasteiger partial charge in [-0.1, -0.05) is 43.0 Å². The van der Waals surface area contributed by atoms with Crippen LogP contribution in [0.15, 0.2) is 49.0 Å². The minimum Gasteiger partial charge on any atom is -0.507 e. The van der Waals surface area contributed by atoms with Gasteiger partial charge in [-0.25, -0.2) is 0 Å². The summed E-state index contributed by atoms with van der Waals surface area (Å²) in [5.41, 5.74) is 2.01. The molecule has 0 radical (unpaired) electrons. The van der Waals surface area contributed by atoms with Crippen molar-refractivity contribution in [1.29, 1.82) is 0 Å². The summed E-state index contributed by atoms with van der Waals surface area (Å²) in [5.74, 6) is 0.255. The van der Waals surface area contributed by atoms with E-state index in [0.29, 0.717) is 11.1 Å². The third kappa shape index (κ3) is 1.65. The van der Waals surface area contributed by atoms with Crippen molar-refractivity contribution in [3.05, 3.63) is 54.6 Å². The molecule has 0 aliphatic heterocycles. The van der Waals surface area contributed by atoms with E-state index >= 15 is 0 Å². The van der Waals surface area contributed by atoms with Crippen LogP contribution in [0, 0.1) is 0 Å². The van der Waals surface area contributed by atoms with E-state index in [1.165, 1.54) is 18.2 Å². The summed E-state index contributed by atoms with van der Waals surface area (Å²) in [6.07, 6.45) is 1.54. The maximum Gasteiger partial charge on any atom is 0.124 e. The lowest BCUT2D eigenvalue weighted by molar-refractivity contribution is 0.461. The summed E-state index contributed by atoms with van der Waals surface area (Å²) in [6.45, 7) is 3.65. The molecule has 0 heterocycles. The third-order valence-electron chi connectivity index (χ3n) is 2.47. The van der Waals surface area contributed by atoms with Gasteiger partial charge < -0.3 is 10.2 Å². The van der Waals surface area contributed by atoms with Crippen LogP contribution in [0.25, 0.3) is 17.2 Å². The summed E-state index contributed by atoms with van der Waals surface area (Å²) < 4.78 is 0. The van der Waals surface area contributed by atoms with Gasteiger partial charge in [-0.2, -0.15) is 0 Å². The maximum absolute atomic E-state index is 9.84. The minimum absolute atomic E-state index is 0.117. The normalized spacial score (nSPS) is 10.0. The zero-order chi connectivity index (χ0) is 11.5. The molecule has 0 amide bonds. The average molecular weight is 212 g/mol. The van der Waals surface area contributed by atoms with E-state index in [2.05, 4.69) is 6.58 Å². The molecule has 2 rings (SSSR count). The van der Waals surface area contributed by atoms with E-state index in [1.807, 2.05) is 30.3 Å². The van der Waals surface area contributed by atoms with Crippen molar-refractivity contribution in [1.82, 2.24) is 0 Å². The van der Waals surface area contributed by atoms with Crippen LogP contribution in [0.4, 0.5) is 0 Å². The lowest BCUT2D eigenvalue weighted by Crippen LogP contribution is -1.85. The van der Waals surface area contributed by atoms with Crippen LogP contribution >= 0.6 is 0 Å². The molecule has 0 fully saturated rings. The van der Waals surface area contributed by atoms with Crippen molar-refractivity contribution in [2.45, 2.75) is 0 Å². The van der Waals surface area contributed by atoms with Crippen LogP contribution in [0.5, 0.6) is 11.5 Å². The summed E-state index contributed by atoms with van der Waals surface area (Å²) in [7, 11) is 0. The summed E-state index contributed by atoms with van der Waals surface area (Å²) in [6, 6.07) is 12.3. The van der Waals surface area contributed by atoms with Crippen molar-refractivity contribution >= 4 is 6.08 Å². The quantitative estimate of drug-likeness (QED) is 0.749. The Kier molecular flexibility index (Phi) is 2.64. The molecule has 16 heavy (non-hydrogen) atoms. The Labute approximate surface area is 94.1 Å². The highest BCUT2D eigenvalue weighted by Crippen LogP contribution is 2.37. The Hall–Kier alpha value is -2.22. The number of hydrogen-bond donors (Lipinski definition) is 2. The second kappa shape index (κ2) is 4.11. The predicted octanol–water partition coefficient (Wildman–Crippen LogP) is 3.41. The number of phenolic OH excluding ortho intramolecular Hbond substituents is 2. The van der Waals surface area contributed by atoms with Gasteiger partial charge in [0.2, 0.25) is 0 Å². The molecular weight excluding hydrogens is 200 g/mol. The fraction of sp³-hybridized carbons (Fsp3) is 0. The largest absolute Gasteiger partial charge is 0.507 e. The molecule has 2 aromatic carbocycles. The van der Waals surface area contributed by atoms with Crippen molar-refractivity contribution in [2.24, 2.45) is 0 Å². The van der Waals surface area contributed by atoms with Crippen LogP contribution in [0.2, 0.25) is 0 Å². The SMILES string of the molecule is C=Cc1c(O)ccc(O)c1-c1ccccc1. The number of aromatic hydroxyl groups is 2. The van der Waals surface area contributed by atoms with Crippen LogP contribution in [-0.4, -0.2) is 10.2 Å². The Bertz CT molecular complexity index is 516. The van der Waals surface area contributed by atoms with E-state index in [1.54, 1.807) is 0 Å². The zero-order valence-electron chi connectivity index (χ0n) is 8.72. The molecule has 0 aromatic heterocycles. The first kappa shape index (κ1) is 10.3. The number of phenols is 2. The van der Waals surface area contributed by atoms with Crippen molar-refractivity contribution in [3.63, 3.8) is 0 Å². The van der Waals surface area contributed by atoms with E-state index in [9.17, 15) is 10.2 Å². The molecule has 0 aliphatic carbocycles. The highest BCUT2D eigenvalue weighted by molar-refractivity contribution is 5.82.